The number of carbonyl (C=O) groups is 1. The van der Waals surface area contributed by atoms with Crippen LogP contribution in [-0.4, -0.2) is 30.8 Å². The van der Waals surface area contributed by atoms with E-state index in [0.717, 1.165) is 27.9 Å². The number of aryl methyl sites for hydroxylation is 1. The molecule has 0 unspecified atom stereocenters. The van der Waals surface area contributed by atoms with Gasteiger partial charge in [0.1, 0.15) is 17.5 Å². The first kappa shape index (κ1) is 18.5. The maximum absolute atomic E-state index is 11.9. The lowest BCUT2D eigenvalue weighted by molar-refractivity contribution is 0.252. The van der Waals surface area contributed by atoms with Gasteiger partial charge in [-0.15, -0.1) is 0 Å². The maximum Gasteiger partial charge on any atom is 0.321 e. The Morgan fingerprint density at radius 1 is 1.21 bits per heavy atom. The molecular weight excluding hydrogens is 364 g/mol. The van der Waals surface area contributed by atoms with Crippen LogP contribution in [0.1, 0.15) is 23.7 Å². The molecule has 6 nitrogen and oxygen atoms in total. The van der Waals surface area contributed by atoms with E-state index in [1.165, 1.54) is 0 Å². The molecule has 1 aromatic heterocycles. The van der Waals surface area contributed by atoms with Crippen molar-refractivity contribution in [1.29, 1.82) is 5.26 Å². The Morgan fingerprint density at radius 3 is 2.76 bits per heavy atom. The van der Waals surface area contributed by atoms with E-state index in [-0.39, 0.29) is 6.03 Å². The topological polar surface area (TPSA) is 70.3 Å². The minimum atomic E-state index is -0.0954. The summed E-state index contributed by atoms with van der Waals surface area (Å²) in [7, 11) is 1.62. The minimum Gasteiger partial charge on any atom is -0.497 e. The fourth-order valence-corrected chi connectivity index (χ4v) is 3.63. The molecule has 0 radical (unpaired) electrons. The van der Waals surface area contributed by atoms with Crippen molar-refractivity contribution in [3.05, 3.63) is 59.3 Å². The monoisotopic (exact) mass is 384 g/mol. The highest BCUT2D eigenvalue weighted by Gasteiger charge is 2.21. The van der Waals surface area contributed by atoms with Gasteiger partial charge in [-0.1, -0.05) is 12.0 Å². The number of hydrogen-bond donors (Lipinski definition) is 1. The second-order valence-electron chi connectivity index (χ2n) is 6.65. The molecule has 0 bridgehead atoms. The second-order valence-corrected chi connectivity index (χ2v) is 6.65. The van der Waals surface area contributed by atoms with Crippen molar-refractivity contribution < 1.29 is 9.53 Å². The molecule has 144 valence electrons. The molecular formula is C23H20N4O2. The third kappa shape index (κ3) is 3.26. The lowest BCUT2D eigenvalue weighted by atomic mass is 10.1. The number of nitrogens with one attached hydrogen (secondary N) is 1. The molecule has 1 aliphatic heterocycles. The Bertz CT molecular complexity index is 1210. The highest BCUT2D eigenvalue weighted by atomic mass is 16.5. The van der Waals surface area contributed by atoms with E-state index < -0.39 is 0 Å². The molecule has 2 amide bonds. The highest BCUT2D eigenvalue weighted by Crippen LogP contribution is 2.29. The van der Waals surface area contributed by atoms with Crippen LogP contribution < -0.4 is 15.0 Å². The van der Waals surface area contributed by atoms with Gasteiger partial charge >= 0.3 is 6.03 Å². The first-order valence-corrected chi connectivity index (χ1v) is 9.44. The molecule has 1 saturated heterocycles. The largest absolute Gasteiger partial charge is 0.497 e. The third-order valence-corrected chi connectivity index (χ3v) is 5.04. The van der Waals surface area contributed by atoms with Crippen LogP contribution in [0.4, 0.5) is 10.5 Å². The molecule has 6 heteroatoms. The molecule has 3 aromatic rings. The van der Waals surface area contributed by atoms with E-state index in [1.807, 2.05) is 54.0 Å². The number of amides is 2. The summed E-state index contributed by atoms with van der Waals surface area (Å²) >= 11 is 0. The van der Waals surface area contributed by atoms with Crippen molar-refractivity contribution >= 4 is 22.6 Å². The highest BCUT2D eigenvalue weighted by molar-refractivity contribution is 5.94. The van der Waals surface area contributed by atoms with Crippen LogP contribution in [0.2, 0.25) is 0 Å². The molecule has 0 saturated carbocycles. The van der Waals surface area contributed by atoms with Gasteiger partial charge in [0.05, 0.1) is 18.2 Å². The predicted molar refractivity (Wildman–Crippen MR) is 112 cm³/mol. The van der Waals surface area contributed by atoms with Gasteiger partial charge in [0.25, 0.3) is 0 Å². The van der Waals surface area contributed by atoms with Gasteiger partial charge in [0.2, 0.25) is 0 Å². The number of fused-ring (bicyclic) bond motifs is 1. The molecule has 2 aromatic carbocycles. The van der Waals surface area contributed by atoms with Crippen molar-refractivity contribution in [1.82, 2.24) is 9.88 Å². The number of benzene rings is 2. The number of nitrogens with zero attached hydrogens (tertiary/aromatic N) is 3. The normalized spacial score (nSPS) is 13.0. The van der Waals surface area contributed by atoms with E-state index in [0.29, 0.717) is 30.9 Å². The van der Waals surface area contributed by atoms with Crippen molar-refractivity contribution in [2.75, 3.05) is 25.1 Å². The summed E-state index contributed by atoms with van der Waals surface area (Å²) in [5, 5.41) is 13.4. The van der Waals surface area contributed by atoms with Gasteiger partial charge in [-0.05, 0) is 43.2 Å². The van der Waals surface area contributed by atoms with Crippen LogP contribution in [-0.2, 0) is 6.54 Å². The molecule has 1 aliphatic rings. The Labute approximate surface area is 169 Å². The number of urea groups is 1. The summed E-state index contributed by atoms with van der Waals surface area (Å²) < 4.78 is 7.36. The van der Waals surface area contributed by atoms with Crippen LogP contribution >= 0.6 is 0 Å². The zero-order chi connectivity index (χ0) is 20.4. The molecule has 29 heavy (non-hydrogen) atoms. The Kier molecular flexibility index (Phi) is 4.85. The maximum atomic E-state index is 11.9. The van der Waals surface area contributed by atoms with Crippen LogP contribution in [0.25, 0.3) is 10.9 Å². The van der Waals surface area contributed by atoms with Crippen molar-refractivity contribution in [2.24, 2.45) is 0 Å². The van der Waals surface area contributed by atoms with Crippen molar-refractivity contribution in [2.45, 2.75) is 13.5 Å². The van der Waals surface area contributed by atoms with Gasteiger partial charge in [0.15, 0.2) is 0 Å². The van der Waals surface area contributed by atoms with Crippen molar-refractivity contribution in [3.8, 4) is 23.7 Å². The molecule has 1 fully saturated rings. The molecule has 0 spiro atoms. The quantitative estimate of drug-likeness (QED) is 0.703. The smallest absolute Gasteiger partial charge is 0.321 e. The number of carbonyl (C=O) groups excluding carboxylic acids is 1. The molecule has 0 aliphatic carbocycles. The summed E-state index contributed by atoms with van der Waals surface area (Å²) in [6.07, 6.45) is 0. The van der Waals surface area contributed by atoms with Crippen LogP contribution in [0.3, 0.4) is 0 Å². The average Bonchev–Trinajstić information content (AvgIpc) is 3.31. The van der Waals surface area contributed by atoms with Crippen molar-refractivity contribution in [3.63, 3.8) is 0 Å². The fourth-order valence-electron chi connectivity index (χ4n) is 3.63. The second kappa shape index (κ2) is 7.61. The summed E-state index contributed by atoms with van der Waals surface area (Å²) in [4.78, 5) is 13.6. The van der Waals surface area contributed by atoms with Gasteiger partial charge in [0, 0.05) is 42.3 Å². The fraction of sp³-hybridized carbons (Fsp3) is 0.217. The number of hydrogen-bond acceptors (Lipinski definition) is 3. The third-order valence-electron chi connectivity index (χ3n) is 5.04. The van der Waals surface area contributed by atoms with E-state index in [9.17, 15) is 10.1 Å². The Hall–Kier alpha value is -3.90. The summed E-state index contributed by atoms with van der Waals surface area (Å²) in [6.45, 7) is 3.99. The molecule has 0 atom stereocenters. The number of nitriles is 1. The van der Waals surface area contributed by atoms with E-state index in [4.69, 9.17) is 4.74 Å². The summed E-state index contributed by atoms with van der Waals surface area (Å²) in [6, 6.07) is 15.5. The number of methoxy groups -OCH3 is 1. The Balaban J connectivity index is 1.79. The number of rotatable bonds is 3. The minimum absolute atomic E-state index is 0.0954. The van der Waals surface area contributed by atoms with Gasteiger partial charge in [-0.25, -0.2) is 4.79 Å². The first-order valence-electron chi connectivity index (χ1n) is 9.44. The predicted octanol–water partition coefficient (Wildman–Crippen LogP) is 3.47. The van der Waals surface area contributed by atoms with Crippen LogP contribution in [0.5, 0.6) is 5.75 Å². The van der Waals surface area contributed by atoms with Gasteiger partial charge in [-0.3, -0.25) is 4.90 Å². The van der Waals surface area contributed by atoms with Crippen LogP contribution in [0, 0.1) is 23.2 Å². The zero-order valence-corrected chi connectivity index (χ0v) is 16.3. The van der Waals surface area contributed by atoms with Gasteiger partial charge < -0.3 is 14.6 Å². The first-order chi connectivity index (χ1) is 14.2. The molecule has 1 N–H and O–H groups in total. The van der Waals surface area contributed by atoms with E-state index in [1.54, 1.807) is 12.0 Å². The Morgan fingerprint density at radius 2 is 2.07 bits per heavy atom. The SMILES string of the molecule is CCn1c(C#Cc2cccc(N3CCNC3=O)c2)c(C#N)c2ccc(OC)cc21. The van der Waals surface area contributed by atoms with E-state index in [2.05, 4.69) is 23.2 Å². The number of anilines is 1. The standard InChI is InChI=1S/C23H20N4O2/c1-3-26-21(20(15-24)19-9-8-18(29-2)14-22(19)26)10-7-16-5-4-6-17(13-16)27-12-11-25-23(27)28/h4-6,8-9,13-14H,3,11-12H2,1-2H3,(H,25,28). The van der Waals surface area contributed by atoms with Crippen LogP contribution in [0.15, 0.2) is 42.5 Å². The van der Waals surface area contributed by atoms with Gasteiger partial charge in [-0.2, -0.15) is 5.26 Å². The number of aromatic nitrogens is 1. The molecule has 2 heterocycles. The summed E-state index contributed by atoms with van der Waals surface area (Å²) in [5.74, 6) is 7.09. The average molecular weight is 384 g/mol. The molecule has 4 rings (SSSR count). The lowest BCUT2D eigenvalue weighted by Crippen LogP contribution is -2.27. The van der Waals surface area contributed by atoms with E-state index >= 15 is 0 Å². The number of ether oxygens (including phenoxy) is 1. The summed E-state index contributed by atoms with van der Waals surface area (Å²) in [5.41, 5.74) is 3.77. The zero-order valence-electron chi connectivity index (χ0n) is 16.3. The lowest BCUT2D eigenvalue weighted by Gasteiger charge is -2.14.